The van der Waals surface area contributed by atoms with Crippen molar-refractivity contribution in [1.29, 1.82) is 0 Å². The van der Waals surface area contributed by atoms with E-state index >= 15 is 0 Å². The van der Waals surface area contributed by atoms with Gasteiger partial charge in [0.1, 0.15) is 6.23 Å². The van der Waals surface area contributed by atoms with Gasteiger partial charge in [-0.05, 0) is 12.3 Å². The molecule has 1 saturated heterocycles. The first-order chi connectivity index (χ1) is 8.04. The fourth-order valence-electron chi connectivity index (χ4n) is 2.44. The predicted octanol–water partition coefficient (Wildman–Crippen LogP) is 1.12. The smallest absolute Gasteiger partial charge is 0.330 e. The summed E-state index contributed by atoms with van der Waals surface area (Å²) in [6, 6.07) is 1.35. The van der Waals surface area contributed by atoms with E-state index in [2.05, 4.69) is 25.8 Å². The van der Waals surface area contributed by atoms with Gasteiger partial charge in [0.2, 0.25) is 0 Å². The Hall–Kier alpha value is -1.36. The quantitative estimate of drug-likeness (QED) is 0.839. The van der Waals surface area contributed by atoms with Gasteiger partial charge in [0.15, 0.2) is 0 Å². The minimum atomic E-state index is -0.404. The maximum Gasteiger partial charge on any atom is 0.330 e. The van der Waals surface area contributed by atoms with E-state index in [0.717, 1.165) is 6.42 Å². The van der Waals surface area contributed by atoms with Gasteiger partial charge in [-0.2, -0.15) is 0 Å². The molecule has 2 rings (SSSR count). The summed E-state index contributed by atoms with van der Waals surface area (Å²) in [7, 11) is 0. The summed E-state index contributed by atoms with van der Waals surface area (Å²) in [5.74, 6) is 0.660. The van der Waals surface area contributed by atoms with E-state index in [4.69, 9.17) is 4.74 Å². The van der Waals surface area contributed by atoms with Gasteiger partial charge in [0, 0.05) is 18.2 Å². The number of hydrogen-bond donors (Lipinski definition) is 1. The maximum atomic E-state index is 11.7. The van der Waals surface area contributed by atoms with E-state index in [-0.39, 0.29) is 23.8 Å². The predicted molar refractivity (Wildman–Crippen MR) is 63.9 cm³/mol. The third kappa shape index (κ3) is 2.07. The third-order valence-electron chi connectivity index (χ3n) is 3.71. The van der Waals surface area contributed by atoms with Crippen molar-refractivity contribution in [2.75, 3.05) is 0 Å². The molecule has 0 aromatic carbocycles. The van der Waals surface area contributed by atoms with Crippen LogP contribution in [0.1, 0.15) is 33.4 Å². The molecule has 0 bridgehead atoms. The molecule has 17 heavy (non-hydrogen) atoms. The van der Waals surface area contributed by atoms with Crippen molar-refractivity contribution in [2.45, 2.75) is 39.5 Å². The first-order valence-corrected chi connectivity index (χ1v) is 6.01. The standard InChI is InChI=1S/C12H18N2O3/c1-4-9-7(2)8(3)11(17-9)14-6-5-10(15)13-12(14)16/h5-9,11H,4H2,1-3H3,(H,13,15,16)/t7-,8?,9-,11-/m1/s1. The Bertz CT molecular complexity index is 505. The fourth-order valence-corrected chi connectivity index (χ4v) is 2.44. The summed E-state index contributed by atoms with van der Waals surface area (Å²) in [6.07, 6.45) is 2.33. The Morgan fingerprint density at radius 1 is 1.35 bits per heavy atom. The van der Waals surface area contributed by atoms with Crippen molar-refractivity contribution in [1.82, 2.24) is 9.55 Å². The summed E-state index contributed by atoms with van der Waals surface area (Å²) in [5, 5.41) is 0. The number of rotatable bonds is 2. The molecule has 0 amide bonds. The van der Waals surface area contributed by atoms with E-state index in [9.17, 15) is 9.59 Å². The number of H-pyrrole nitrogens is 1. The van der Waals surface area contributed by atoms with Gasteiger partial charge in [0.25, 0.3) is 5.56 Å². The molecule has 0 saturated carbocycles. The molecule has 1 aliphatic rings. The van der Waals surface area contributed by atoms with Gasteiger partial charge in [-0.25, -0.2) is 4.79 Å². The highest BCUT2D eigenvalue weighted by Crippen LogP contribution is 2.38. The molecule has 1 unspecified atom stereocenters. The summed E-state index contributed by atoms with van der Waals surface area (Å²) >= 11 is 0. The number of nitrogens with zero attached hydrogens (tertiary/aromatic N) is 1. The van der Waals surface area contributed by atoms with Crippen LogP contribution in [0.3, 0.4) is 0 Å². The Kier molecular flexibility index (Phi) is 3.19. The zero-order valence-electron chi connectivity index (χ0n) is 10.3. The molecule has 1 fully saturated rings. The molecule has 5 nitrogen and oxygen atoms in total. The molecular formula is C12H18N2O3. The van der Waals surface area contributed by atoms with Crippen LogP contribution in [-0.4, -0.2) is 15.7 Å². The average Bonchev–Trinajstić information content (AvgIpc) is 2.57. The van der Waals surface area contributed by atoms with Crippen molar-refractivity contribution in [3.05, 3.63) is 33.1 Å². The molecule has 4 atom stereocenters. The van der Waals surface area contributed by atoms with Crippen LogP contribution in [0.15, 0.2) is 21.9 Å². The highest BCUT2D eigenvalue weighted by molar-refractivity contribution is 4.89. The first-order valence-electron chi connectivity index (χ1n) is 6.01. The van der Waals surface area contributed by atoms with Crippen LogP contribution < -0.4 is 11.2 Å². The minimum Gasteiger partial charge on any atom is -0.354 e. The van der Waals surface area contributed by atoms with Gasteiger partial charge in [0.05, 0.1) is 6.10 Å². The van der Waals surface area contributed by atoms with E-state index in [1.54, 1.807) is 0 Å². The van der Waals surface area contributed by atoms with Crippen molar-refractivity contribution in [3.63, 3.8) is 0 Å². The molecule has 94 valence electrons. The van der Waals surface area contributed by atoms with Gasteiger partial charge in [-0.1, -0.05) is 20.8 Å². The average molecular weight is 238 g/mol. The summed E-state index contributed by atoms with van der Waals surface area (Å²) in [4.78, 5) is 25.0. The molecule has 0 radical (unpaired) electrons. The van der Waals surface area contributed by atoms with Crippen LogP contribution in [0.25, 0.3) is 0 Å². The topological polar surface area (TPSA) is 64.1 Å². The van der Waals surface area contributed by atoms with Crippen molar-refractivity contribution >= 4 is 0 Å². The Morgan fingerprint density at radius 3 is 2.59 bits per heavy atom. The number of nitrogens with one attached hydrogen (secondary N) is 1. The van der Waals surface area contributed by atoms with E-state index in [0.29, 0.717) is 5.92 Å². The third-order valence-corrected chi connectivity index (χ3v) is 3.71. The lowest BCUT2D eigenvalue weighted by atomic mass is 9.91. The molecular weight excluding hydrogens is 220 g/mol. The van der Waals surface area contributed by atoms with Gasteiger partial charge in [-0.3, -0.25) is 14.3 Å². The second-order valence-electron chi connectivity index (χ2n) is 4.71. The highest BCUT2D eigenvalue weighted by Gasteiger charge is 2.39. The lowest BCUT2D eigenvalue weighted by Crippen LogP contribution is -2.33. The molecule has 0 aliphatic carbocycles. The summed E-state index contributed by atoms with van der Waals surface area (Å²) in [5.41, 5.74) is -0.782. The van der Waals surface area contributed by atoms with E-state index in [1.165, 1.54) is 16.8 Å². The second-order valence-corrected chi connectivity index (χ2v) is 4.71. The Morgan fingerprint density at radius 2 is 2.06 bits per heavy atom. The van der Waals surface area contributed by atoms with Crippen molar-refractivity contribution < 1.29 is 4.74 Å². The van der Waals surface area contributed by atoms with E-state index in [1.807, 2.05) is 0 Å². The normalized spacial score (nSPS) is 32.9. The number of aromatic nitrogens is 2. The molecule has 1 aromatic heterocycles. The van der Waals surface area contributed by atoms with Gasteiger partial charge < -0.3 is 4.74 Å². The molecule has 1 aliphatic heterocycles. The SMILES string of the molecule is CC[C@H]1O[C@@H](n2ccc(=O)[nH]c2=O)C(C)[C@H]1C. The monoisotopic (exact) mass is 238 g/mol. The Labute approximate surface area is 99.4 Å². The minimum absolute atomic E-state index is 0.175. The lowest BCUT2D eigenvalue weighted by Gasteiger charge is -2.18. The number of ether oxygens (including phenoxy) is 1. The van der Waals surface area contributed by atoms with Gasteiger partial charge in [-0.15, -0.1) is 0 Å². The Balaban J connectivity index is 2.35. The zero-order chi connectivity index (χ0) is 12.6. The van der Waals surface area contributed by atoms with Crippen LogP contribution in [0.5, 0.6) is 0 Å². The largest absolute Gasteiger partial charge is 0.354 e. The molecule has 2 heterocycles. The molecule has 0 spiro atoms. The summed E-state index contributed by atoms with van der Waals surface area (Å²) < 4.78 is 7.35. The van der Waals surface area contributed by atoms with E-state index < -0.39 is 5.69 Å². The first kappa shape index (κ1) is 12.1. The highest BCUT2D eigenvalue weighted by atomic mass is 16.5. The van der Waals surface area contributed by atoms with Crippen molar-refractivity contribution in [2.24, 2.45) is 11.8 Å². The van der Waals surface area contributed by atoms with Crippen LogP contribution in [-0.2, 0) is 4.74 Å². The van der Waals surface area contributed by atoms with Crippen LogP contribution in [0, 0.1) is 11.8 Å². The second kappa shape index (κ2) is 4.49. The van der Waals surface area contributed by atoms with Crippen LogP contribution in [0.4, 0.5) is 0 Å². The molecule has 1 aromatic rings. The van der Waals surface area contributed by atoms with Gasteiger partial charge >= 0.3 is 5.69 Å². The maximum absolute atomic E-state index is 11.7. The lowest BCUT2D eigenvalue weighted by molar-refractivity contribution is -0.0168. The van der Waals surface area contributed by atoms with Crippen molar-refractivity contribution in [3.8, 4) is 0 Å². The molecule has 5 heteroatoms. The number of hydrogen-bond acceptors (Lipinski definition) is 3. The zero-order valence-corrected chi connectivity index (χ0v) is 10.3. The fraction of sp³-hybridized carbons (Fsp3) is 0.667. The number of aromatic amines is 1. The van der Waals surface area contributed by atoms with Crippen LogP contribution in [0.2, 0.25) is 0 Å². The van der Waals surface area contributed by atoms with Crippen LogP contribution >= 0.6 is 0 Å². The summed E-state index contributed by atoms with van der Waals surface area (Å²) in [6.45, 7) is 6.28. The molecule has 1 N–H and O–H groups in total.